The van der Waals surface area contributed by atoms with Crippen LogP contribution in [0, 0.1) is 17.0 Å². The molecule has 2 aromatic rings. The van der Waals surface area contributed by atoms with Crippen LogP contribution in [0.15, 0.2) is 24.4 Å². The van der Waals surface area contributed by atoms with E-state index in [-0.39, 0.29) is 17.5 Å². The molecule has 5 heteroatoms. The maximum Gasteiger partial charge on any atom is 0.152 e. The molecular weight excluding hydrogens is 274 g/mol. The van der Waals surface area contributed by atoms with Gasteiger partial charge in [-0.1, -0.05) is 13.8 Å². The zero-order chi connectivity index (χ0) is 15.5. The first-order valence-corrected chi connectivity index (χ1v) is 7.01. The Hall–Kier alpha value is -1.75. The molecule has 0 aliphatic rings. The summed E-state index contributed by atoms with van der Waals surface area (Å²) >= 11 is 0. The molecule has 1 heterocycles. The van der Waals surface area contributed by atoms with Gasteiger partial charge in [0.05, 0.1) is 0 Å². The summed E-state index contributed by atoms with van der Waals surface area (Å²) in [6.07, 6.45) is 3.22. The normalized spacial score (nSPS) is 11.9. The molecule has 0 saturated carbocycles. The van der Waals surface area contributed by atoms with Crippen LogP contribution in [-0.2, 0) is 0 Å². The highest BCUT2D eigenvalue weighted by Gasteiger charge is 2.15. The third kappa shape index (κ3) is 3.88. The predicted molar refractivity (Wildman–Crippen MR) is 80.2 cm³/mol. The van der Waals surface area contributed by atoms with Crippen LogP contribution in [0.5, 0.6) is 0 Å². The van der Waals surface area contributed by atoms with Gasteiger partial charge in [0.1, 0.15) is 11.3 Å². The monoisotopic (exact) mass is 294 g/mol. The molecule has 0 unspecified atom stereocenters. The molecule has 1 aromatic carbocycles. The van der Waals surface area contributed by atoms with Crippen molar-refractivity contribution in [3.8, 4) is 0 Å². The molecule has 0 fully saturated rings. The summed E-state index contributed by atoms with van der Waals surface area (Å²) in [4.78, 5) is 3.95. The first-order chi connectivity index (χ1) is 9.93. The number of nitrogens with one attached hydrogen (secondary N) is 1. The lowest BCUT2D eigenvalue weighted by Crippen LogP contribution is -2.18. The van der Waals surface area contributed by atoms with Gasteiger partial charge in [-0.25, -0.2) is 8.78 Å². The third-order valence-electron chi connectivity index (χ3n) is 3.54. The van der Waals surface area contributed by atoms with Gasteiger partial charge in [0.15, 0.2) is 5.82 Å². The second kappa shape index (κ2) is 6.35. The molecule has 0 aliphatic carbocycles. The number of nitrogens with zero attached hydrogens (tertiary/aromatic N) is 1. The van der Waals surface area contributed by atoms with Gasteiger partial charge in [0, 0.05) is 36.5 Å². The number of aliphatic hydroxyl groups excluding tert-OH is 1. The Kier molecular flexibility index (Phi) is 4.73. The Balaban J connectivity index is 2.09. The summed E-state index contributed by atoms with van der Waals surface area (Å²) in [6, 6.07) is 3.83. The number of aliphatic hydroxyl groups is 1. The van der Waals surface area contributed by atoms with E-state index in [2.05, 4.69) is 10.3 Å². The smallest absolute Gasteiger partial charge is 0.152 e. The molecule has 2 rings (SSSR count). The lowest BCUT2D eigenvalue weighted by molar-refractivity contribution is 0.149. The van der Waals surface area contributed by atoms with Gasteiger partial charge in [0.25, 0.3) is 0 Å². The number of anilines is 1. The zero-order valence-corrected chi connectivity index (χ0v) is 12.3. The lowest BCUT2D eigenvalue weighted by Gasteiger charge is -2.21. The quantitative estimate of drug-likeness (QED) is 0.798. The summed E-state index contributed by atoms with van der Waals surface area (Å²) in [5, 5.41) is 12.8. The molecule has 0 atom stereocenters. The number of halogens is 2. The molecule has 3 nitrogen and oxygen atoms in total. The third-order valence-corrected chi connectivity index (χ3v) is 3.54. The minimum atomic E-state index is -0.657. The maximum atomic E-state index is 13.7. The summed E-state index contributed by atoms with van der Waals surface area (Å²) in [5.41, 5.74) is 0.720. The summed E-state index contributed by atoms with van der Waals surface area (Å²) in [7, 11) is 0. The van der Waals surface area contributed by atoms with Crippen molar-refractivity contribution >= 4 is 16.6 Å². The van der Waals surface area contributed by atoms with Crippen molar-refractivity contribution in [2.24, 2.45) is 5.41 Å². The second-order valence-corrected chi connectivity index (χ2v) is 5.99. The number of hydrogen-bond donors (Lipinski definition) is 2. The minimum absolute atomic E-state index is 0.111. The van der Waals surface area contributed by atoms with Crippen molar-refractivity contribution in [3.05, 3.63) is 36.0 Å². The molecule has 21 heavy (non-hydrogen) atoms. The minimum Gasteiger partial charge on any atom is -0.396 e. The van der Waals surface area contributed by atoms with E-state index in [1.165, 1.54) is 12.3 Å². The fourth-order valence-electron chi connectivity index (χ4n) is 2.20. The van der Waals surface area contributed by atoms with Crippen LogP contribution in [0.4, 0.5) is 14.5 Å². The molecule has 114 valence electrons. The highest BCUT2D eigenvalue weighted by atomic mass is 19.1. The molecule has 0 aliphatic heterocycles. The SMILES string of the molecule is CC(C)(CO)CCCNc1ccnc2c(F)cc(F)cc12. The number of hydrogen-bond acceptors (Lipinski definition) is 3. The van der Waals surface area contributed by atoms with E-state index in [4.69, 9.17) is 0 Å². The van der Waals surface area contributed by atoms with Crippen LogP contribution in [0.1, 0.15) is 26.7 Å². The van der Waals surface area contributed by atoms with Gasteiger partial charge in [-0.2, -0.15) is 0 Å². The van der Waals surface area contributed by atoms with Gasteiger partial charge in [-0.3, -0.25) is 4.98 Å². The van der Waals surface area contributed by atoms with E-state index >= 15 is 0 Å². The second-order valence-electron chi connectivity index (χ2n) is 5.99. The van der Waals surface area contributed by atoms with Crippen molar-refractivity contribution in [1.82, 2.24) is 4.98 Å². The average molecular weight is 294 g/mol. The van der Waals surface area contributed by atoms with E-state index < -0.39 is 11.6 Å². The van der Waals surface area contributed by atoms with Crippen LogP contribution < -0.4 is 5.32 Å². The van der Waals surface area contributed by atoms with Crippen molar-refractivity contribution in [2.75, 3.05) is 18.5 Å². The number of fused-ring (bicyclic) bond motifs is 1. The van der Waals surface area contributed by atoms with E-state index in [1.807, 2.05) is 13.8 Å². The highest BCUT2D eigenvalue weighted by molar-refractivity contribution is 5.91. The molecule has 0 saturated heterocycles. The van der Waals surface area contributed by atoms with Crippen LogP contribution in [0.3, 0.4) is 0 Å². The van der Waals surface area contributed by atoms with E-state index in [0.717, 1.165) is 18.9 Å². The number of benzene rings is 1. The van der Waals surface area contributed by atoms with Gasteiger partial charge in [0.2, 0.25) is 0 Å². The van der Waals surface area contributed by atoms with Crippen LogP contribution in [0.2, 0.25) is 0 Å². The summed E-state index contributed by atoms with van der Waals surface area (Å²) in [6.45, 7) is 4.81. The lowest BCUT2D eigenvalue weighted by atomic mass is 9.89. The maximum absolute atomic E-state index is 13.7. The van der Waals surface area contributed by atoms with E-state index in [1.54, 1.807) is 6.07 Å². The van der Waals surface area contributed by atoms with Crippen LogP contribution in [-0.4, -0.2) is 23.2 Å². The van der Waals surface area contributed by atoms with Crippen LogP contribution >= 0.6 is 0 Å². The predicted octanol–water partition coefficient (Wildman–Crippen LogP) is 3.72. The Morgan fingerprint density at radius 2 is 2.05 bits per heavy atom. The zero-order valence-electron chi connectivity index (χ0n) is 12.3. The Morgan fingerprint density at radius 1 is 1.29 bits per heavy atom. The molecule has 0 amide bonds. The fraction of sp³-hybridized carbons (Fsp3) is 0.438. The summed E-state index contributed by atoms with van der Waals surface area (Å²) < 4.78 is 27.0. The largest absolute Gasteiger partial charge is 0.396 e. The Labute approximate surface area is 123 Å². The van der Waals surface area contributed by atoms with E-state index in [9.17, 15) is 13.9 Å². The highest BCUT2D eigenvalue weighted by Crippen LogP contribution is 2.25. The van der Waals surface area contributed by atoms with Crippen LogP contribution in [0.25, 0.3) is 10.9 Å². The molecule has 1 aromatic heterocycles. The van der Waals surface area contributed by atoms with Crippen molar-refractivity contribution in [1.29, 1.82) is 0 Å². The molecule has 2 N–H and O–H groups in total. The number of aromatic nitrogens is 1. The molecular formula is C16H20F2N2O. The topological polar surface area (TPSA) is 45.1 Å². The van der Waals surface area contributed by atoms with Crippen molar-refractivity contribution in [3.63, 3.8) is 0 Å². The molecule has 0 spiro atoms. The summed E-state index contributed by atoms with van der Waals surface area (Å²) in [5.74, 6) is -1.27. The first-order valence-electron chi connectivity index (χ1n) is 7.01. The van der Waals surface area contributed by atoms with Crippen molar-refractivity contribution in [2.45, 2.75) is 26.7 Å². The molecule has 0 bridgehead atoms. The Morgan fingerprint density at radius 3 is 2.76 bits per heavy atom. The fourth-order valence-corrected chi connectivity index (χ4v) is 2.20. The molecule has 0 radical (unpaired) electrons. The van der Waals surface area contributed by atoms with Crippen molar-refractivity contribution < 1.29 is 13.9 Å². The number of pyridine rings is 1. The Bertz CT molecular complexity index is 629. The first kappa shape index (κ1) is 15.6. The van der Waals surface area contributed by atoms with Gasteiger partial charge in [-0.15, -0.1) is 0 Å². The van der Waals surface area contributed by atoms with Gasteiger partial charge in [-0.05, 0) is 30.4 Å². The average Bonchev–Trinajstić information content (AvgIpc) is 2.44. The standard InChI is InChI=1S/C16H20F2N2O/c1-16(2,10-21)5-3-6-19-14-4-7-20-15-12(14)8-11(17)9-13(15)18/h4,7-9,21H,3,5-6,10H2,1-2H3,(H,19,20). The van der Waals surface area contributed by atoms with Gasteiger partial charge < -0.3 is 10.4 Å². The number of rotatable bonds is 6. The van der Waals surface area contributed by atoms with Gasteiger partial charge >= 0.3 is 0 Å². The van der Waals surface area contributed by atoms with E-state index in [0.29, 0.717) is 17.6 Å².